The molecule has 26 heavy (non-hydrogen) atoms. The Hall–Kier alpha value is -2.77. The van der Waals surface area contributed by atoms with Crippen LogP contribution in [0.3, 0.4) is 0 Å². The number of terminal acetylenes is 1. The molecule has 0 radical (unpaired) electrons. The zero-order valence-corrected chi connectivity index (χ0v) is 15.5. The van der Waals surface area contributed by atoms with Gasteiger partial charge in [0.15, 0.2) is 0 Å². The molecule has 0 saturated carbocycles. The Morgan fingerprint density at radius 2 is 1.65 bits per heavy atom. The summed E-state index contributed by atoms with van der Waals surface area (Å²) in [5.74, 6) is 1.52. The van der Waals surface area contributed by atoms with Crippen molar-refractivity contribution in [2.24, 2.45) is 0 Å². The highest BCUT2D eigenvalue weighted by molar-refractivity contribution is 5.84. The summed E-state index contributed by atoms with van der Waals surface area (Å²) < 4.78 is 10.7. The van der Waals surface area contributed by atoms with Crippen LogP contribution < -0.4 is 4.74 Å². The van der Waals surface area contributed by atoms with E-state index in [0.717, 1.165) is 0 Å². The second-order valence-corrected chi connectivity index (χ2v) is 7.01. The molecular weight excluding hydrogens is 328 g/mol. The summed E-state index contributed by atoms with van der Waals surface area (Å²) in [7, 11) is 1.56. The van der Waals surface area contributed by atoms with Crippen molar-refractivity contribution in [2.75, 3.05) is 7.11 Å². The molecule has 2 atom stereocenters. The zero-order valence-electron chi connectivity index (χ0n) is 15.5. The summed E-state index contributed by atoms with van der Waals surface area (Å²) in [6.07, 6.45) is 5.75. The second kappa shape index (κ2) is 7.63. The van der Waals surface area contributed by atoms with Crippen molar-refractivity contribution in [3.8, 4) is 18.1 Å². The smallest absolute Gasteiger partial charge is 0.345 e. The third-order valence-corrected chi connectivity index (χ3v) is 3.96. The Morgan fingerprint density at radius 1 is 1.08 bits per heavy atom. The van der Waals surface area contributed by atoms with Crippen LogP contribution in [-0.4, -0.2) is 23.8 Å². The summed E-state index contributed by atoms with van der Waals surface area (Å²) >= 11 is 0. The maximum absolute atomic E-state index is 13.0. The standard InChI is InChI=1S/C22H24O4/c1-6-19(16-12-14-18(25-5)15-13-16)22(24,17-10-8-7-9-11-17)20(23)26-21(2,3)4/h1,7-15,19,24H,2-5H3/t19-,22+/m0/s1. The van der Waals surface area contributed by atoms with Crippen molar-refractivity contribution >= 4 is 5.97 Å². The summed E-state index contributed by atoms with van der Waals surface area (Å²) in [6, 6.07) is 15.6. The predicted octanol–water partition coefficient (Wildman–Crippen LogP) is 3.64. The fourth-order valence-electron chi connectivity index (χ4n) is 2.70. The number of methoxy groups -OCH3 is 1. The van der Waals surface area contributed by atoms with Crippen LogP contribution in [0.4, 0.5) is 0 Å². The monoisotopic (exact) mass is 352 g/mol. The molecule has 4 heteroatoms. The van der Waals surface area contributed by atoms with E-state index in [1.807, 2.05) is 0 Å². The van der Waals surface area contributed by atoms with Gasteiger partial charge in [-0.05, 0) is 44.0 Å². The Morgan fingerprint density at radius 3 is 2.12 bits per heavy atom. The minimum Gasteiger partial charge on any atom is -0.497 e. The molecule has 2 aromatic rings. The number of benzene rings is 2. The highest BCUT2D eigenvalue weighted by Gasteiger charge is 2.48. The molecule has 1 N–H and O–H groups in total. The quantitative estimate of drug-likeness (QED) is 0.659. The largest absolute Gasteiger partial charge is 0.497 e. The van der Waals surface area contributed by atoms with Crippen LogP contribution in [0.2, 0.25) is 0 Å². The summed E-state index contributed by atoms with van der Waals surface area (Å²) in [4.78, 5) is 13.0. The molecule has 2 rings (SSSR count). The molecule has 0 aliphatic heterocycles. The van der Waals surface area contributed by atoms with Crippen LogP contribution in [0.1, 0.15) is 37.8 Å². The van der Waals surface area contributed by atoms with Crippen molar-refractivity contribution in [3.05, 3.63) is 65.7 Å². The van der Waals surface area contributed by atoms with Crippen LogP contribution in [0.25, 0.3) is 0 Å². The van der Waals surface area contributed by atoms with Crippen molar-refractivity contribution in [2.45, 2.75) is 37.9 Å². The number of carbonyl (C=O) groups is 1. The first-order chi connectivity index (χ1) is 12.2. The maximum atomic E-state index is 13.0. The second-order valence-electron chi connectivity index (χ2n) is 7.01. The molecule has 2 aromatic carbocycles. The topological polar surface area (TPSA) is 55.8 Å². The highest BCUT2D eigenvalue weighted by atomic mass is 16.6. The van der Waals surface area contributed by atoms with E-state index in [0.29, 0.717) is 16.9 Å². The average Bonchev–Trinajstić information content (AvgIpc) is 2.62. The van der Waals surface area contributed by atoms with E-state index in [-0.39, 0.29) is 0 Å². The van der Waals surface area contributed by atoms with Gasteiger partial charge < -0.3 is 14.6 Å². The van der Waals surface area contributed by atoms with Gasteiger partial charge in [0.2, 0.25) is 5.60 Å². The van der Waals surface area contributed by atoms with E-state index in [2.05, 4.69) is 5.92 Å². The Balaban J connectivity index is 2.57. The number of esters is 1. The van der Waals surface area contributed by atoms with Crippen molar-refractivity contribution in [1.82, 2.24) is 0 Å². The number of hydrogen-bond acceptors (Lipinski definition) is 4. The SMILES string of the molecule is C#C[C@@H](c1ccc(OC)cc1)[C@@](O)(C(=O)OC(C)(C)C)c1ccccc1. The molecule has 0 aromatic heterocycles. The molecule has 0 heterocycles. The first kappa shape index (κ1) is 19.6. The van der Waals surface area contributed by atoms with Gasteiger partial charge in [0.1, 0.15) is 11.4 Å². The van der Waals surface area contributed by atoms with Gasteiger partial charge in [0, 0.05) is 0 Å². The third kappa shape index (κ3) is 4.07. The number of hydrogen-bond donors (Lipinski definition) is 1. The number of rotatable bonds is 5. The predicted molar refractivity (Wildman–Crippen MR) is 101 cm³/mol. The Kier molecular flexibility index (Phi) is 5.74. The van der Waals surface area contributed by atoms with E-state index in [1.165, 1.54) is 0 Å². The lowest BCUT2D eigenvalue weighted by atomic mass is 9.77. The molecule has 0 aliphatic rings. The first-order valence-electron chi connectivity index (χ1n) is 8.34. The molecule has 0 fully saturated rings. The minimum atomic E-state index is -2.02. The van der Waals surface area contributed by atoms with E-state index in [1.54, 1.807) is 82.5 Å². The maximum Gasteiger partial charge on any atom is 0.345 e. The lowest BCUT2D eigenvalue weighted by Crippen LogP contribution is -2.45. The summed E-state index contributed by atoms with van der Waals surface area (Å²) in [5, 5.41) is 11.5. The molecule has 136 valence electrons. The molecule has 0 amide bonds. The van der Waals surface area contributed by atoms with Gasteiger partial charge in [-0.1, -0.05) is 48.4 Å². The lowest BCUT2D eigenvalue weighted by molar-refractivity contribution is -0.179. The fraction of sp³-hybridized carbons (Fsp3) is 0.318. The molecular formula is C22H24O4. The normalized spacial score (nSPS) is 14.6. The Labute approximate surface area is 154 Å². The number of ether oxygens (including phenoxy) is 2. The molecule has 0 spiro atoms. The van der Waals surface area contributed by atoms with Crippen molar-refractivity contribution in [3.63, 3.8) is 0 Å². The van der Waals surface area contributed by atoms with Gasteiger partial charge in [0.25, 0.3) is 0 Å². The van der Waals surface area contributed by atoms with Gasteiger partial charge in [-0.2, -0.15) is 0 Å². The van der Waals surface area contributed by atoms with Gasteiger partial charge in [-0.25, -0.2) is 4.79 Å². The number of aliphatic hydroxyl groups is 1. The van der Waals surface area contributed by atoms with Crippen LogP contribution in [0, 0.1) is 12.3 Å². The van der Waals surface area contributed by atoms with Crippen LogP contribution >= 0.6 is 0 Å². The number of carbonyl (C=O) groups excluding carboxylic acids is 1. The van der Waals surface area contributed by atoms with Gasteiger partial charge in [-0.15, -0.1) is 6.42 Å². The molecule has 4 nitrogen and oxygen atoms in total. The summed E-state index contributed by atoms with van der Waals surface area (Å²) in [5.41, 5.74) is -1.78. The van der Waals surface area contributed by atoms with Gasteiger partial charge in [0.05, 0.1) is 13.0 Å². The molecule has 0 bridgehead atoms. The Bertz CT molecular complexity index is 782. The van der Waals surface area contributed by atoms with E-state index < -0.39 is 23.1 Å². The first-order valence-corrected chi connectivity index (χ1v) is 8.34. The molecule has 0 unspecified atom stereocenters. The highest BCUT2D eigenvalue weighted by Crippen LogP contribution is 2.39. The fourth-order valence-corrected chi connectivity index (χ4v) is 2.70. The van der Waals surface area contributed by atoms with E-state index >= 15 is 0 Å². The van der Waals surface area contributed by atoms with Crippen LogP contribution in [0.5, 0.6) is 5.75 Å². The molecule has 0 saturated heterocycles. The van der Waals surface area contributed by atoms with Gasteiger partial charge >= 0.3 is 5.97 Å². The van der Waals surface area contributed by atoms with E-state index in [9.17, 15) is 9.90 Å². The zero-order chi connectivity index (χ0) is 19.4. The third-order valence-electron chi connectivity index (χ3n) is 3.96. The van der Waals surface area contributed by atoms with Crippen LogP contribution in [-0.2, 0) is 15.1 Å². The van der Waals surface area contributed by atoms with Crippen LogP contribution in [0.15, 0.2) is 54.6 Å². The lowest BCUT2D eigenvalue weighted by Gasteiger charge is -2.34. The summed E-state index contributed by atoms with van der Waals surface area (Å²) in [6.45, 7) is 5.23. The minimum absolute atomic E-state index is 0.382. The van der Waals surface area contributed by atoms with Gasteiger partial charge in [-0.3, -0.25) is 0 Å². The van der Waals surface area contributed by atoms with E-state index in [4.69, 9.17) is 15.9 Å². The molecule has 0 aliphatic carbocycles. The van der Waals surface area contributed by atoms with Crippen molar-refractivity contribution in [1.29, 1.82) is 0 Å². The average molecular weight is 352 g/mol. The van der Waals surface area contributed by atoms with Crippen molar-refractivity contribution < 1.29 is 19.4 Å².